The van der Waals surface area contributed by atoms with Crippen molar-refractivity contribution in [2.75, 3.05) is 26.0 Å². The lowest BCUT2D eigenvalue weighted by molar-refractivity contribution is 0.0544. The third kappa shape index (κ3) is 7.16. The molecule has 5 rings (SSSR count). The van der Waals surface area contributed by atoms with E-state index in [9.17, 15) is 18.9 Å². The topological polar surface area (TPSA) is 95.7 Å². The summed E-state index contributed by atoms with van der Waals surface area (Å²) in [5.41, 5.74) is 5.88. The number of hydrogen-bond acceptors (Lipinski definition) is 5. The number of benzene rings is 3. The van der Waals surface area contributed by atoms with Crippen LogP contribution in [0.1, 0.15) is 77.2 Å². The van der Waals surface area contributed by atoms with Gasteiger partial charge in [0.1, 0.15) is 0 Å². The second kappa shape index (κ2) is 15.0. The first-order valence-electron chi connectivity index (χ1n) is 16.2. The molecule has 1 aliphatic rings. The molecule has 0 aliphatic carbocycles. The lowest BCUT2D eigenvalue weighted by atomic mass is 9.93. The highest BCUT2D eigenvalue weighted by Gasteiger charge is 2.32. The Morgan fingerprint density at radius 1 is 0.935 bits per heavy atom. The minimum Gasteiger partial charge on any atom is -0.394 e. The molecule has 0 spiro atoms. The molecule has 4 aromatic rings. The van der Waals surface area contributed by atoms with Crippen molar-refractivity contribution in [1.82, 2.24) is 19.6 Å². The van der Waals surface area contributed by atoms with Gasteiger partial charge in [0.25, 0.3) is 11.8 Å². The molecule has 1 unspecified atom stereocenters. The van der Waals surface area contributed by atoms with Gasteiger partial charge in [0.2, 0.25) is 0 Å². The van der Waals surface area contributed by atoms with E-state index in [2.05, 4.69) is 13.8 Å². The number of nitrogens with zero attached hydrogens (tertiary/aromatic N) is 4. The largest absolute Gasteiger partial charge is 0.394 e. The highest BCUT2D eigenvalue weighted by molar-refractivity contribution is 7.84. The minimum absolute atomic E-state index is 0.106. The lowest BCUT2D eigenvalue weighted by Gasteiger charge is -2.36. The van der Waals surface area contributed by atoms with Crippen molar-refractivity contribution in [3.05, 3.63) is 101 Å². The Kier molecular flexibility index (Phi) is 10.9. The van der Waals surface area contributed by atoms with Crippen LogP contribution in [-0.4, -0.2) is 72.7 Å². The Hall–Kier alpha value is -4.08. The molecule has 1 N–H and O–H groups in total. The van der Waals surface area contributed by atoms with E-state index in [0.29, 0.717) is 47.9 Å². The van der Waals surface area contributed by atoms with Crippen LogP contribution in [0.5, 0.6) is 0 Å². The predicted octanol–water partition coefficient (Wildman–Crippen LogP) is 6.19. The molecule has 9 heteroatoms. The average Bonchev–Trinajstić information content (AvgIpc) is 3.47. The zero-order valence-corrected chi connectivity index (χ0v) is 28.1. The molecule has 242 valence electrons. The molecule has 1 aromatic heterocycles. The van der Waals surface area contributed by atoms with Gasteiger partial charge in [-0.1, -0.05) is 69.2 Å². The van der Waals surface area contributed by atoms with E-state index < -0.39 is 10.8 Å². The van der Waals surface area contributed by atoms with Gasteiger partial charge in [0.05, 0.1) is 23.9 Å². The molecular weight excluding hydrogens is 596 g/mol. The summed E-state index contributed by atoms with van der Waals surface area (Å²) in [5.74, 6) is -0.332. The Morgan fingerprint density at radius 3 is 2.30 bits per heavy atom. The highest BCUT2D eigenvalue weighted by atomic mass is 32.2. The predicted molar refractivity (Wildman–Crippen MR) is 183 cm³/mol. The number of aliphatic hydroxyl groups excluding tert-OH is 1. The Balaban J connectivity index is 1.59. The van der Waals surface area contributed by atoms with Gasteiger partial charge in [-0.3, -0.25) is 13.8 Å². The van der Waals surface area contributed by atoms with Gasteiger partial charge in [-0.25, -0.2) is 4.68 Å². The second-order valence-corrected chi connectivity index (χ2v) is 13.4. The van der Waals surface area contributed by atoms with Crippen LogP contribution in [0.2, 0.25) is 0 Å². The van der Waals surface area contributed by atoms with Crippen LogP contribution in [0.3, 0.4) is 0 Å². The molecule has 0 radical (unpaired) electrons. The monoisotopic (exact) mass is 640 g/mol. The van der Waals surface area contributed by atoms with Crippen molar-refractivity contribution < 1.29 is 18.9 Å². The number of aryl methyl sites for hydroxylation is 1. The summed E-state index contributed by atoms with van der Waals surface area (Å²) in [7, 11) is -1.16. The number of aromatic nitrogens is 2. The summed E-state index contributed by atoms with van der Waals surface area (Å²) < 4.78 is 13.9. The number of hydrogen-bond donors (Lipinski definition) is 1. The average molecular weight is 641 g/mol. The van der Waals surface area contributed by atoms with E-state index in [1.165, 1.54) is 0 Å². The highest BCUT2D eigenvalue weighted by Crippen LogP contribution is 2.31. The summed E-state index contributed by atoms with van der Waals surface area (Å²) in [6.45, 7) is 7.69. The molecule has 0 fully saturated rings. The number of amides is 2. The van der Waals surface area contributed by atoms with Crippen molar-refractivity contribution in [2.24, 2.45) is 0 Å². The molecule has 3 aromatic carbocycles. The summed E-state index contributed by atoms with van der Waals surface area (Å²) in [6.07, 6.45) is 6.04. The lowest BCUT2D eigenvalue weighted by Crippen LogP contribution is -2.46. The van der Waals surface area contributed by atoms with E-state index in [1.54, 1.807) is 21.9 Å². The summed E-state index contributed by atoms with van der Waals surface area (Å²) >= 11 is 0. The normalized spacial score (nSPS) is 15.0. The molecule has 0 saturated heterocycles. The SMILES string of the molecule is CCCCN(CCCC)C(=O)c1cc(C)n(-c2ccc(-c3cccc(S(C)=O)c3)cc2C(=O)N2Cc3ccccc3C[C@H]2CO)n1. The standard InChI is InChI=1S/C37H44N4O4S/c1-5-7-18-39(19-8-6-2)37(44)34-20-26(3)41(38-34)35-17-16-29(28-14-11-15-32(22-28)46(4)45)23-33(35)36(43)40-24-30-13-10-9-12-27(30)21-31(40)25-42/h9-17,20,22-23,31,42H,5-8,18-19,21,24-25H2,1-4H3/t31-,46?/m0/s1. The van der Waals surface area contributed by atoms with Gasteiger partial charge in [0.15, 0.2) is 5.69 Å². The smallest absolute Gasteiger partial charge is 0.274 e. The Bertz CT molecular complexity index is 1720. The molecule has 8 nitrogen and oxygen atoms in total. The summed E-state index contributed by atoms with van der Waals surface area (Å²) in [4.78, 5) is 32.6. The number of fused-ring (bicyclic) bond motifs is 1. The zero-order chi connectivity index (χ0) is 32.8. The van der Waals surface area contributed by atoms with E-state index in [-0.39, 0.29) is 24.5 Å². The van der Waals surface area contributed by atoms with Crippen molar-refractivity contribution in [3.8, 4) is 16.8 Å². The van der Waals surface area contributed by atoms with E-state index in [4.69, 9.17) is 5.10 Å². The molecule has 46 heavy (non-hydrogen) atoms. The van der Waals surface area contributed by atoms with Crippen LogP contribution in [0.15, 0.2) is 77.7 Å². The summed E-state index contributed by atoms with van der Waals surface area (Å²) in [5, 5.41) is 15.2. The first kappa shape index (κ1) is 33.3. The van der Waals surface area contributed by atoms with Gasteiger partial charge in [0, 0.05) is 47.3 Å². The van der Waals surface area contributed by atoms with Gasteiger partial charge < -0.3 is 14.9 Å². The number of carbonyl (C=O) groups is 2. The number of unbranched alkanes of at least 4 members (excludes halogenated alkanes) is 2. The molecule has 2 atom stereocenters. The van der Waals surface area contributed by atoms with E-state index >= 15 is 0 Å². The van der Waals surface area contributed by atoms with Crippen molar-refractivity contribution in [2.45, 2.75) is 70.4 Å². The molecular formula is C37H44N4O4S. The quantitative estimate of drug-likeness (QED) is 0.199. The fourth-order valence-corrected chi connectivity index (χ4v) is 6.63. The van der Waals surface area contributed by atoms with E-state index in [0.717, 1.165) is 53.6 Å². The van der Waals surface area contributed by atoms with E-state index in [1.807, 2.05) is 78.6 Å². The first-order valence-corrected chi connectivity index (χ1v) is 17.7. The van der Waals surface area contributed by atoms with Crippen LogP contribution in [-0.2, 0) is 23.8 Å². The fraction of sp³-hybridized carbons (Fsp3) is 0.378. The number of carbonyl (C=O) groups excluding carboxylic acids is 2. The Labute approximate surface area is 274 Å². The third-order valence-corrected chi connectivity index (χ3v) is 9.66. The Morgan fingerprint density at radius 2 is 1.63 bits per heavy atom. The van der Waals surface area contributed by atoms with Crippen LogP contribution >= 0.6 is 0 Å². The molecule has 2 heterocycles. The maximum absolute atomic E-state index is 14.6. The van der Waals surface area contributed by atoms with Gasteiger partial charge in [-0.05, 0) is 78.8 Å². The van der Waals surface area contributed by atoms with Crippen molar-refractivity contribution >= 4 is 22.6 Å². The first-order chi connectivity index (χ1) is 22.2. The van der Waals surface area contributed by atoms with Gasteiger partial charge in [-0.15, -0.1) is 0 Å². The second-order valence-electron chi connectivity index (χ2n) is 12.0. The van der Waals surface area contributed by atoms with Crippen LogP contribution < -0.4 is 0 Å². The molecule has 0 bridgehead atoms. The molecule has 0 saturated carbocycles. The molecule has 2 amide bonds. The molecule has 1 aliphatic heterocycles. The maximum atomic E-state index is 14.6. The fourth-order valence-electron chi connectivity index (χ4n) is 6.07. The van der Waals surface area contributed by atoms with Crippen LogP contribution in [0.4, 0.5) is 0 Å². The summed E-state index contributed by atoms with van der Waals surface area (Å²) in [6, 6.07) is 22.6. The minimum atomic E-state index is -1.16. The van der Waals surface area contributed by atoms with Crippen molar-refractivity contribution in [1.29, 1.82) is 0 Å². The van der Waals surface area contributed by atoms with Crippen molar-refractivity contribution in [3.63, 3.8) is 0 Å². The number of aliphatic hydroxyl groups is 1. The zero-order valence-electron chi connectivity index (χ0n) is 27.2. The van der Waals surface area contributed by atoms with Gasteiger partial charge >= 0.3 is 0 Å². The van der Waals surface area contributed by atoms with Gasteiger partial charge in [-0.2, -0.15) is 5.10 Å². The third-order valence-electron chi connectivity index (χ3n) is 8.74. The van der Waals surface area contributed by atoms with Crippen LogP contribution in [0, 0.1) is 6.92 Å². The van der Waals surface area contributed by atoms with Crippen LogP contribution in [0.25, 0.3) is 16.8 Å². The number of rotatable bonds is 12. The maximum Gasteiger partial charge on any atom is 0.274 e.